The molecule has 2 fully saturated rings. The molecular formula is C13H22N2O3. The molecule has 1 unspecified atom stereocenters. The Hall–Kier alpha value is -1.10. The highest BCUT2D eigenvalue weighted by Gasteiger charge is 2.30. The Labute approximate surface area is 108 Å². The smallest absolute Gasteiger partial charge is 0.303 e. The van der Waals surface area contributed by atoms with Gasteiger partial charge in [0.25, 0.3) is 0 Å². The number of carboxylic acid groups (broad SMARTS) is 1. The molecule has 18 heavy (non-hydrogen) atoms. The predicted octanol–water partition coefficient (Wildman–Crippen LogP) is 0.699. The van der Waals surface area contributed by atoms with Gasteiger partial charge < -0.3 is 15.3 Å². The lowest BCUT2D eigenvalue weighted by Crippen LogP contribution is -2.47. The minimum Gasteiger partial charge on any atom is -0.481 e. The van der Waals surface area contributed by atoms with Crippen LogP contribution >= 0.6 is 0 Å². The van der Waals surface area contributed by atoms with Gasteiger partial charge in [0.1, 0.15) is 0 Å². The topological polar surface area (TPSA) is 69.6 Å². The van der Waals surface area contributed by atoms with Crippen LogP contribution in [0.5, 0.6) is 0 Å². The van der Waals surface area contributed by atoms with Gasteiger partial charge in [0.05, 0.1) is 5.92 Å². The van der Waals surface area contributed by atoms with Gasteiger partial charge in [-0.25, -0.2) is 0 Å². The van der Waals surface area contributed by atoms with E-state index in [9.17, 15) is 9.59 Å². The third-order valence-corrected chi connectivity index (χ3v) is 3.94. The van der Waals surface area contributed by atoms with E-state index in [0.29, 0.717) is 6.54 Å². The van der Waals surface area contributed by atoms with Gasteiger partial charge in [0.2, 0.25) is 5.91 Å². The van der Waals surface area contributed by atoms with Crippen molar-refractivity contribution in [2.45, 2.75) is 32.1 Å². The Morgan fingerprint density at radius 1 is 1.28 bits per heavy atom. The zero-order valence-corrected chi connectivity index (χ0v) is 10.7. The van der Waals surface area contributed by atoms with E-state index in [1.165, 1.54) is 0 Å². The van der Waals surface area contributed by atoms with Gasteiger partial charge in [0, 0.05) is 26.1 Å². The quantitative estimate of drug-likeness (QED) is 0.778. The summed E-state index contributed by atoms with van der Waals surface area (Å²) in [6.45, 7) is 3.21. The van der Waals surface area contributed by atoms with Gasteiger partial charge in [-0.1, -0.05) is 0 Å². The molecule has 102 valence electrons. The van der Waals surface area contributed by atoms with Crippen molar-refractivity contribution >= 4 is 11.9 Å². The van der Waals surface area contributed by atoms with Crippen molar-refractivity contribution in [2.75, 3.05) is 26.2 Å². The zero-order chi connectivity index (χ0) is 13.0. The lowest BCUT2D eigenvalue weighted by atomic mass is 9.92. The van der Waals surface area contributed by atoms with Crippen molar-refractivity contribution in [3.63, 3.8) is 0 Å². The van der Waals surface area contributed by atoms with Crippen molar-refractivity contribution in [1.29, 1.82) is 0 Å². The molecule has 0 spiro atoms. The summed E-state index contributed by atoms with van der Waals surface area (Å²) in [5.41, 5.74) is 0. The first kappa shape index (κ1) is 13.3. The highest BCUT2D eigenvalue weighted by Crippen LogP contribution is 2.22. The summed E-state index contributed by atoms with van der Waals surface area (Å²) in [4.78, 5) is 24.9. The van der Waals surface area contributed by atoms with E-state index in [0.717, 1.165) is 45.3 Å². The number of hydrogen-bond acceptors (Lipinski definition) is 3. The molecule has 0 aromatic heterocycles. The summed E-state index contributed by atoms with van der Waals surface area (Å²) in [6.07, 6.45) is 4.07. The van der Waals surface area contributed by atoms with Crippen LogP contribution in [-0.4, -0.2) is 48.1 Å². The molecule has 0 aromatic rings. The Bertz CT molecular complexity index is 313. The van der Waals surface area contributed by atoms with Crippen LogP contribution in [-0.2, 0) is 9.59 Å². The molecule has 2 saturated heterocycles. The molecule has 0 bridgehead atoms. The highest BCUT2D eigenvalue weighted by molar-refractivity contribution is 5.79. The molecule has 0 aromatic carbocycles. The van der Waals surface area contributed by atoms with Crippen LogP contribution in [0.1, 0.15) is 32.1 Å². The summed E-state index contributed by atoms with van der Waals surface area (Å²) < 4.78 is 0. The summed E-state index contributed by atoms with van der Waals surface area (Å²) >= 11 is 0. The molecule has 1 amide bonds. The van der Waals surface area contributed by atoms with E-state index < -0.39 is 5.97 Å². The fourth-order valence-corrected chi connectivity index (χ4v) is 3.00. The van der Waals surface area contributed by atoms with Gasteiger partial charge in [-0.2, -0.15) is 0 Å². The summed E-state index contributed by atoms with van der Waals surface area (Å²) in [6, 6.07) is 0. The molecule has 0 saturated carbocycles. The van der Waals surface area contributed by atoms with Crippen molar-refractivity contribution in [2.24, 2.45) is 11.8 Å². The number of nitrogens with zero attached hydrogens (tertiary/aromatic N) is 1. The van der Waals surface area contributed by atoms with Crippen LogP contribution in [0.2, 0.25) is 0 Å². The van der Waals surface area contributed by atoms with Gasteiger partial charge >= 0.3 is 5.97 Å². The van der Waals surface area contributed by atoms with Crippen molar-refractivity contribution in [3.8, 4) is 0 Å². The molecule has 0 aliphatic carbocycles. The minimum atomic E-state index is -0.756. The first-order valence-corrected chi connectivity index (χ1v) is 6.88. The number of amides is 1. The summed E-state index contributed by atoms with van der Waals surface area (Å²) in [5, 5.41) is 12.1. The number of carboxylic acids is 1. The summed E-state index contributed by atoms with van der Waals surface area (Å²) in [5.74, 6) is -0.301. The number of carbonyl (C=O) groups is 2. The molecule has 2 atom stereocenters. The SMILES string of the molecule is O=C(O)CC1CCCN(C(=O)[C@@H]2CCCNC2)C1. The molecule has 5 heteroatoms. The molecule has 2 aliphatic rings. The predicted molar refractivity (Wildman–Crippen MR) is 67.2 cm³/mol. The average molecular weight is 254 g/mol. The monoisotopic (exact) mass is 254 g/mol. The van der Waals surface area contributed by atoms with Gasteiger partial charge in [-0.3, -0.25) is 9.59 Å². The minimum absolute atomic E-state index is 0.0994. The van der Waals surface area contributed by atoms with Crippen LogP contribution in [0.15, 0.2) is 0 Å². The molecule has 5 nitrogen and oxygen atoms in total. The van der Waals surface area contributed by atoms with Gasteiger partial charge in [0.15, 0.2) is 0 Å². The van der Waals surface area contributed by atoms with Crippen LogP contribution in [0.4, 0.5) is 0 Å². The normalized spacial score (nSPS) is 29.0. The average Bonchev–Trinajstić information content (AvgIpc) is 2.38. The van der Waals surface area contributed by atoms with Crippen molar-refractivity contribution in [3.05, 3.63) is 0 Å². The van der Waals surface area contributed by atoms with E-state index >= 15 is 0 Å². The van der Waals surface area contributed by atoms with Crippen LogP contribution < -0.4 is 5.32 Å². The molecule has 2 N–H and O–H groups in total. The highest BCUT2D eigenvalue weighted by atomic mass is 16.4. The number of hydrogen-bond donors (Lipinski definition) is 2. The van der Waals surface area contributed by atoms with Gasteiger partial charge in [-0.15, -0.1) is 0 Å². The van der Waals surface area contributed by atoms with Crippen molar-refractivity contribution < 1.29 is 14.7 Å². The maximum atomic E-state index is 12.3. The molecule has 2 aliphatic heterocycles. The van der Waals surface area contributed by atoms with Gasteiger partial charge in [-0.05, 0) is 38.1 Å². The Morgan fingerprint density at radius 2 is 2.11 bits per heavy atom. The Kier molecular flexibility index (Phi) is 4.58. The van der Waals surface area contributed by atoms with E-state index in [4.69, 9.17) is 5.11 Å². The van der Waals surface area contributed by atoms with Crippen LogP contribution in [0, 0.1) is 11.8 Å². The maximum Gasteiger partial charge on any atom is 0.303 e. The fraction of sp³-hybridized carbons (Fsp3) is 0.846. The number of rotatable bonds is 3. The third kappa shape index (κ3) is 3.45. The van der Waals surface area contributed by atoms with E-state index in [1.54, 1.807) is 0 Å². The second-order valence-electron chi connectivity index (χ2n) is 5.43. The summed E-state index contributed by atoms with van der Waals surface area (Å²) in [7, 11) is 0. The molecular weight excluding hydrogens is 232 g/mol. The second-order valence-corrected chi connectivity index (χ2v) is 5.43. The molecule has 2 rings (SSSR count). The lowest BCUT2D eigenvalue weighted by Gasteiger charge is -2.35. The van der Waals surface area contributed by atoms with Crippen LogP contribution in [0.3, 0.4) is 0 Å². The van der Waals surface area contributed by atoms with Crippen molar-refractivity contribution in [1.82, 2.24) is 10.2 Å². The molecule has 0 radical (unpaired) electrons. The largest absolute Gasteiger partial charge is 0.481 e. The Morgan fingerprint density at radius 3 is 2.78 bits per heavy atom. The van der Waals surface area contributed by atoms with E-state index in [2.05, 4.69) is 5.32 Å². The van der Waals surface area contributed by atoms with Crippen LogP contribution in [0.25, 0.3) is 0 Å². The number of likely N-dealkylation sites (tertiary alicyclic amines) is 1. The first-order chi connectivity index (χ1) is 8.66. The van der Waals surface area contributed by atoms with E-state index in [-0.39, 0.29) is 24.2 Å². The number of nitrogens with one attached hydrogen (secondary N) is 1. The number of aliphatic carboxylic acids is 1. The third-order valence-electron chi connectivity index (χ3n) is 3.94. The fourth-order valence-electron chi connectivity index (χ4n) is 3.00. The first-order valence-electron chi connectivity index (χ1n) is 6.88. The standard InChI is InChI=1S/C13H22N2O3/c16-12(17)7-10-3-2-6-15(9-10)13(18)11-4-1-5-14-8-11/h10-11,14H,1-9H2,(H,16,17)/t10?,11-/m1/s1. The number of carbonyl (C=O) groups excluding carboxylic acids is 1. The molecule has 2 heterocycles. The maximum absolute atomic E-state index is 12.3. The lowest BCUT2D eigenvalue weighted by molar-refractivity contribution is -0.142. The van der Waals surface area contributed by atoms with E-state index in [1.807, 2.05) is 4.90 Å². The second kappa shape index (κ2) is 6.18. The Balaban J connectivity index is 1.87. The number of piperidine rings is 2. The zero-order valence-electron chi connectivity index (χ0n) is 10.7.